The van der Waals surface area contributed by atoms with E-state index in [0.29, 0.717) is 5.56 Å². The van der Waals surface area contributed by atoms with Crippen LogP contribution in [0.25, 0.3) is 0 Å². The van der Waals surface area contributed by atoms with Crippen LogP contribution >= 0.6 is 0 Å². The Bertz CT molecular complexity index is 396. The van der Waals surface area contributed by atoms with Crippen molar-refractivity contribution in [1.29, 1.82) is 0 Å². The first-order valence-corrected chi connectivity index (χ1v) is 5.75. The van der Waals surface area contributed by atoms with E-state index in [1.165, 1.54) is 0 Å². The van der Waals surface area contributed by atoms with E-state index in [0.717, 1.165) is 18.4 Å². The average molecular weight is 252 g/mol. The zero-order valence-electron chi connectivity index (χ0n) is 10.5. The summed E-state index contributed by atoms with van der Waals surface area (Å²) in [6, 6.07) is 6.69. The zero-order chi connectivity index (χ0) is 13.4. The topological polar surface area (TPSA) is 61.8 Å². The molecule has 98 valence electrons. The van der Waals surface area contributed by atoms with Crippen LogP contribution in [0.15, 0.2) is 24.3 Å². The fourth-order valence-corrected chi connectivity index (χ4v) is 1.13. The number of carbonyl (C=O) groups excluding carboxylic acids is 2. The van der Waals surface area contributed by atoms with Crippen molar-refractivity contribution < 1.29 is 24.1 Å². The molecule has 0 spiro atoms. The third-order valence-corrected chi connectivity index (χ3v) is 2.19. The molecule has 0 aromatic heterocycles. The number of rotatable bonds is 4. The highest BCUT2D eigenvalue weighted by Crippen LogP contribution is 2.05. The molecule has 0 aliphatic carbocycles. The lowest BCUT2D eigenvalue weighted by Crippen LogP contribution is -2.13. The minimum Gasteiger partial charge on any atom is -0.432 e. The number of hydrogen-bond acceptors (Lipinski definition) is 5. The molecule has 5 heteroatoms. The van der Waals surface area contributed by atoms with Crippen LogP contribution in [-0.2, 0) is 14.5 Å². The molecule has 0 saturated carbocycles. The molecule has 1 rings (SSSR count). The Labute approximate surface area is 106 Å². The van der Waals surface area contributed by atoms with Gasteiger partial charge in [-0.25, -0.2) is 14.6 Å². The van der Waals surface area contributed by atoms with E-state index in [1.807, 2.05) is 13.8 Å². The number of hydrogen-bond donors (Lipinski definition) is 0. The van der Waals surface area contributed by atoms with Crippen LogP contribution in [0, 0.1) is 6.92 Å². The van der Waals surface area contributed by atoms with Gasteiger partial charge in [-0.3, -0.25) is 0 Å². The molecule has 0 fully saturated rings. The highest BCUT2D eigenvalue weighted by Gasteiger charge is 2.12. The van der Waals surface area contributed by atoms with Gasteiger partial charge in [-0.1, -0.05) is 31.0 Å². The van der Waals surface area contributed by atoms with Gasteiger partial charge in [0, 0.05) is 0 Å². The van der Waals surface area contributed by atoms with Gasteiger partial charge >= 0.3 is 12.1 Å². The molecule has 0 amide bonds. The molecule has 1 aromatic carbocycles. The molecule has 0 unspecified atom stereocenters. The second-order valence-electron chi connectivity index (χ2n) is 3.77. The summed E-state index contributed by atoms with van der Waals surface area (Å²) in [6.45, 7) is 4.11. The molecule has 0 N–H and O–H groups in total. The molecule has 0 heterocycles. The number of carbonyl (C=O) groups is 2. The lowest BCUT2D eigenvalue weighted by molar-refractivity contribution is -0.203. The average Bonchev–Trinajstić information content (AvgIpc) is 2.37. The maximum Gasteiger partial charge on any atom is 0.549 e. The van der Waals surface area contributed by atoms with Crippen molar-refractivity contribution in [1.82, 2.24) is 0 Å². The monoisotopic (exact) mass is 252 g/mol. The number of benzene rings is 1. The Balaban J connectivity index is 2.32. The minimum atomic E-state index is -1.01. The standard InChI is InChI=1S/C13H16O5/c1-3-4-9-16-13(15)18-17-12(14)11-7-5-10(2)6-8-11/h5-8H,3-4,9H2,1-2H3. The number of ether oxygens (including phenoxy) is 1. The molecular weight excluding hydrogens is 236 g/mol. The smallest absolute Gasteiger partial charge is 0.432 e. The van der Waals surface area contributed by atoms with Gasteiger partial charge in [0.1, 0.15) is 0 Å². The molecule has 0 saturated heterocycles. The summed E-state index contributed by atoms with van der Waals surface area (Å²) >= 11 is 0. The Morgan fingerprint density at radius 1 is 1.11 bits per heavy atom. The van der Waals surface area contributed by atoms with Crippen molar-refractivity contribution in [2.75, 3.05) is 6.61 Å². The van der Waals surface area contributed by atoms with Gasteiger partial charge in [-0.2, -0.15) is 4.79 Å². The quantitative estimate of drug-likeness (QED) is 0.357. The van der Waals surface area contributed by atoms with Crippen LogP contribution in [-0.4, -0.2) is 18.7 Å². The predicted octanol–water partition coefficient (Wildman–Crippen LogP) is 3.02. The first-order chi connectivity index (χ1) is 8.63. The molecular formula is C13H16O5. The number of aryl methyl sites for hydroxylation is 1. The van der Waals surface area contributed by atoms with Crippen molar-refractivity contribution in [3.8, 4) is 0 Å². The predicted molar refractivity (Wildman–Crippen MR) is 63.9 cm³/mol. The van der Waals surface area contributed by atoms with Gasteiger partial charge in [0.05, 0.1) is 12.2 Å². The summed E-state index contributed by atoms with van der Waals surface area (Å²) in [5.41, 5.74) is 1.33. The van der Waals surface area contributed by atoms with E-state index in [2.05, 4.69) is 14.5 Å². The van der Waals surface area contributed by atoms with E-state index in [9.17, 15) is 9.59 Å². The second-order valence-corrected chi connectivity index (χ2v) is 3.77. The van der Waals surface area contributed by atoms with Crippen molar-refractivity contribution in [3.05, 3.63) is 35.4 Å². The summed E-state index contributed by atoms with van der Waals surface area (Å²) in [6.07, 6.45) is 0.626. The first-order valence-electron chi connectivity index (χ1n) is 5.75. The van der Waals surface area contributed by atoms with Crippen molar-refractivity contribution >= 4 is 12.1 Å². The SMILES string of the molecule is CCCCOC(=O)OOC(=O)c1ccc(C)cc1. The van der Waals surface area contributed by atoms with E-state index >= 15 is 0 Å². The summed E-state index contributed by atoms with van der Waals surface area (Å²) in [4.78, 5) is 31.0. The van der Waals surface area contributed by atoms with Gasteiger partial charge in [0.25, 0.3) is 0 Å². The van der Waals surface area contributed by atoms with Crippen LogP contribution in [0.1, 0.15) is 35.7 Å². The van der Waals surface area contributed by atoms with Crippen LogP contribution in [0.2, 0.25) is 0 Å². The molecule has 0 bridgehead atoms. The van der Waals surface area contributed by atoms with E-state index in [4.69, 9.17) is 0 Å². The fourth-order valence-electron chi connectivity index (χ4n) is 1.13. The van der Waals surface area contributed by atoms with Crippen LogP contribution in [0.4, 0.5) is 4.79 Å². The van der Waals surface area contributed by atoms with Crippen LogP contribution < -0.4 is 0 Å². The maximum atomic E-state index is 11.4. The molecule has 0 atom stereocenters. The number of unbranched alkanes of at least 4 members (excludes halogenated alkanes) is 1. The summed E-state index contributed by atoms with van der Waals surface area (Å²) in [7, 11) is 0. The molecule has 5 nitrogen and oxygen atoms in total. The first kappa shape index (κ1) is 14.0. The lowest BCUT2D eigenvalue weighted by atomic mass is 10.2. The van der Waals surface area contributed by atoms with E-state index in [1.54, 1.807) is 24.3 Å². The summed E-state index contributed by atoms with van der Waals surface area (Å²) < 4.78 is 4.65. The minimum absolute atomic E-state index is 0.247. The van der Waals surface area contributed by atoms with Crippen molar-refractivity contribution in [2.45, 2.75) is 26.7 Å². The third-order valence-electron chi connectivity index (χ3n) is 2.19. The maximum absolute atomic E-state index is 11.4. The summed E-state index contributed by atoms with van der Waals surface area (Å²) in [5, 5.41) is 0. The van der Waals surface area contributed by atoms with Gasteiger partial charge in [-0.15, -0.1) is 0 Å². The van der Waals surface area contributed by atoms with Gasteiger partial charge < -0.3 is 4.74 Å². The van der Waals surface area contributed by atoms with Crippen LogP contribution in [0.3, 0.4) is 0 Å². The third kappa shape index (κ3) is 4.86. The molecule has 0 aliphatic heterocycles. The zero-order valence-corrected chi connectivity index (χ0v) is 10.5. The Morgan fingerprint density at radius 3 is 2.39 bits per heavy atom. The van der Waals surface area contributed by atoms with Gasteiger partial charge in [0.2, 0.25) is 0 Å². The van der Waals surface area contributed by atoms with E-state index in [-0.39, 0.29) is 6.61 Å². The summed E-state index contributed by atoms with van der Waals surface area (Å²) in [5.74, 6) is -0.734. The molecule has 1 aromatic rings. The van der Waals surface area contributed by atoms with Crippen LogP contribution in [0.5, 0.6) is 0 Å². The van der Waals surface area contributed by atoms with E-state index < -0.39 is 12.1 Å². The van der Waals surface area contributed by atoms with Crippen molar-refractivity contribution in [3.63, 3.8) is 0 Å². The second kappa shape index (κ2) is 7.32. The van der Waals surface area contributed by atoms with Gasteiger partial charge in [0.15, 0.2) is 0 Å². The Hall–Kier alpha value is -2.04. The highest BCUT2D eigenvalue weighted by atomic mass is 17.2. The van der Waals surface area contributed by atoms with Crippen molar-refractivity contribution in [2.24, 2.45) is 0 Å². The Kier molecular flexibility index (Phi) is 5.70. The Morgan fingerprint density at radius 2 is 1.78 bits per heavy atom. The fraction of sp³-hybridized carbons (Fsp3) is 0.385. The largest absolute Gasteiger partial charge is 0.549 e. The normalized spacial score (nSPS) is 9.67. The highest BCUT2D eigenvalue weighted by molar-refractivity contribution is 5.89. The lowest BCUT2D eigenvalue weighted by Gasteiger charge is -2.04. The molecule has 0 radical (unpaired) electrons. The van der Waals surface area contributed by atoms with Gasteiger partial charge in [-0.05, 0) is 25.5 Å². The molecule has 18 heavy (non-hydrogen) atoms. The molecule has 0 aliphatic rings.